The third-order valence-corrected chi connectivity index (χ3v) is 8.88. The Morgan fingerprint density at radius 1 is 0.939 bits per heavy atom. The first-order valence-corrected chi connectivity index (χ1v) is 13.7. The van der Waals surface area contributed by atoms with Gasteiger partial charge in [0, 0.05) is 57.9 Å². The van der Waals surface area contributed by atoms with E-state index in [9.17, 15) is 18.0 Å². The second-order valence-electron chi connectivity index (χ2n) is 8.60. The van der Waals surface area contributed by atoms with Crippen LogP contribution in [-0.4, -0.2) is 98.1 Å². The lowest BCUT2D eigenvalue weighted by molar-refractivity contribution is -0.132. The van der Waals surface area contributed by atoms with Crippen LogP contribution in [0.3, 0.4) is 0 Å². The van der Waals surface area contributed by atoms with E-state index in [0.717, 1.165) is 25.7 Å². The first-order valence-electron chi connectivity index (χ1n) is 11.9. The van der Waals surface area contributed by atoms with E-state index in [0.29, 0.717) is 64.5 Å². The van der Waals surface area contributed by atoms with Gasteiger partial charge >= 0.3 is 0 Å². The summed E-state index contributed by atoms with van der Waals surface area (Å²) in [5, 5.41) is 0.135. The Morgan fingerprint density at radius 3 is 2.12 bits per heavy atom. The largest absolute Gasteiger partial charge is 0.342 e. The lowest BCUT2D eigenvalue weighted by Crippen LogP contribution is -2.51. The van der Waals surface area contributed by atoms with Crippen molar-refractivity contribution in [2.45, 2.75) is 44.4 Å². The summed E-state index contributed by atoms with van der Waals surface area (Å²) in [5.74, 6) is -0.116. The number of amides is 2. The lowest BCUT2D eigenvalue weighted by atomic mass is 10.2. The summed E-state index contributed by atoms with van der Waals surface area (Å²) >= 11 is 6.27. The maximum absolute atomic E-state index is 13.2. The first kappa shape index (κ1) is 25.9. The number of sulfonamides is 1. The Bertz CT molecular complexity index is 936. The zero-order chi connectivity index (χ0) is 24.0. The fraction of sp³-hybridized carbons (Fsp3) is 0.652. The van der Waals surface area contributed by atoms with Crippen molar-refractivity contribution in [1.82, 2.24) is 19.0 Å². The van der Waals surface area contributed by atoms with Gasteiger partial charge in [0.05, 0.1) is 11.6 Å². The summed E-state index contributed by atoms with van der Waals surface area (Å²) in [6.07, 6.45) is 3.70. The Kier molecular flexibility index (Phi) is 9.15. The molecule has 2 aliphatic rings. The second kappa shape index (κ2) is 11.6. The minimum atomic E-state index is -3.76. The number of benzene rings is 1. The molecule has 0 atom stereocenters. The Morgan fingerprint density at radius 2 is 1.55 bits per heavy atom. The van der Waals surface area contributed by atoms with E-state index in [1.165, 1.54) is 16.4 Å². The molecule has 8 nitrogen and oxygen atoms in total. The number of hydrogen-bond donors (Lipinski definition) is 0. The maximum Gasteiger partial charge on any atom is 0.253 e. The summed E-state index contributed by atoms with van der Waals surface area (Å²) in [4.78, 5) is 31.1. The highest BCUT2D eigenvalue weighted by Crippen LogP contribution is 2.28. The Balaban J connectivity index is 1.67. The van der Waals surface area contributed by atoms with Crippen molar-refractivity contribution in [1.29, 1.82) is 0 Å². The quantitative estimate of drug-likeness (QED) is 0.577. The lowest BCUT2D eigenvalue weighted by Gasteiger charge is -2.35. The summed E-state index contributed by atoms with van der Waals surface area (Å²) in [6, 6.07) is 4.50. The van der Waals surface area contributed by atoms with Gasteiger partial charge < -0.3 is 9.80 Å². The third kappa shape index (κ3) is 6.26. The van der Waals surface area contributed by atoms with E-state index in [1.54, 1.807) is 15.9 Å². The Labute approximate surface area is 202 Å². The van der Waals surface area contributed by atoms with Crippen LogP contribution in [0.5, 0.6) is 0 Å². The van der Waals surface area contributed by atoms with Crippen LogP contribution in [0.25, 0.3) is 0 Å². The number of piperazine rings is 1. The Hall–Kier alpha value is -1.68. The van der Waals surface area contributed by atoms with Crippen molar-refractivity contribution in [3.63, 3.8) is 0 Å². The van der Waals surface area contributed by atoms with Crippen molar-refractivity contribution >= 4 is 33.4 Å². The smallest absolute Gasteiger partial charge is 0.253 e. The number of rotatable bonds is 7. The number of likely N-dealkylation sites (N-methyl/N-ethyl adjacent to an activating group) is 1. The first-order chi connectivity index (χ1) is 15.8. The van der Waals surface area contributed by atoms with Crippen LogP contribution in [0.1, 0.15) is 49.9 Å². The molecule has 0 aromatic heterocycles. The van der Waals surface area contributed by atoms with E-state index in [4.69, 9.17) is 11.6 Å². The minimum absolute atomic E-state index is 0.000344. The van der Waals surface area contributed by atoms with Gasteiger partial charge in [-0.25, -0.2) is 8.42 Å². The van der Waals surface area contributed by atoms with E-state index in [1.807, 2.05) is 13.8 Å². The van der Waals surface area contributed by atoms with Gasteiger partial charge in [0.1, 0.15) is 4.90 Å². The molecule has 2 amide bonds. The van der Waals surface area contributed by atoms with E-state index >= 15 is 0 Å². The van der Waals surface area contributed by atoms with Crippen LogP contribution in [0.4, 0.5) is 0 Å². The van der Waals surface area contributed by atoms with Gasteiger partial charge in [-0.15, -0.1) is 0 Å². The molecule has 1 aromatic carbocycles. The second-order valence-corrected chi connectivity index (χ2v) is 10.9. The molecule has 0 bridgehead atoms. The average molecular weight is 499 g/mol. The molecule has 10 heteroatoms. The van der Waals surface area contributed by atoms with Crippen molar-refractivity contribution in [3.05, 3.63) is 28.8 Å². The summed E-state index contributed by atoms with van der Waals surface area (Å²) in [5.41, 5.74) is 0.320. The average Bonchev–Trinajstić information content (AvgIpc) is 3.10. The molecular weight excluding hydrogens is 464 g/mol. The highest BCUT2D eigenvalue weighted by atomic mass is 35.5. The van der Waals surface area contributed by atoms with Gasteiger partial charge in [0.2, 0.25) is 15.9 Å². The summed E-state index contributed by atoms with van der Waals surface area (Å²) in [7, 11) is -3.76. The van der Waals surface area contributed by atoms with E-state index in [-0.39, 0.29) is 21.7 Å². The third-order valence-electron chi connectivity index (χ3n) is 6.50. The van der Waals surface area contributed by atoms with Crippen LogP contribution in [-0.2, 0) is 14.8 Å². The number of hydrogen-bond acceptors (Lipinski definition) is 5. The van der Waals surface area contributed by atoms with Crippen LogP contribution >= 0.6 is 11.6 Å². The van der Waals surface area contributed by atoms with Crippen LogP contribution < -0.4 is 0 Å². The highest BCUT2D eigenvalue weighted by molar-refractivity contribution is 7.89. The number of halogens is 1. The monoisotopic (exact) mass is 498 g/mol. The highest BCUT2D eigenvalue weighted by Gasteiger charge is 2.30. The molecule has 2 aliphatic heterocycles. The van der Waals surface area contributed by atoms with Gasteiger partial charge in [-0.3, -0.25) is 14.5 Å². The van der Waals surface area contributed by atoms with E-state index in [2.05, 4.69) is 4.90 Å². The van der Waals surface area contributed by atoms with Gasteiger partial charge in [-0.2, -0.15) is 4.31 Å². The minimum Gasteiger partial charge on any atom is -0.342 e. The topological polar surface area (TPSA) is 81.2 Å². The molecule has 2 heterocycles. The fourth-order valence-corrected chi connectivity index (χ4v) is 6.43. The predicted octanol–water partition coefficient (Wildman–Crippen LogP) is 2.53. The molecule has 0 saturated carbocycles. The molecular formula is C23H35ClN4O4S. The van der Waals surface area contributed by atoms with Crippen LogP contribution in [0, 0.1) is 0 Å². The normalized spacial score (nSPS) is 18.7. The molecule has 2 saturated heterocycles. The molecule has 2 fully saturated rings. The van der Waals surface area contributed by atoms with Crippen molar-refractivity contribution in [3.8, 4) is 0 Å². The zero-order valence-corrected chi connectivity index (χ0v) is 21.2. The van der Waals surface area contributed by atoms with Crippen LogP contribution in [0.15, 0.2) is 23.1 Å². The molecule has 1 aromatic rings. The van der Waals surface area contributed by atoms with Crippen LogP contribution in [0.2, 0.25) is 5.02 Å². The number of carbonyl (C=O) groups excluding carboxylic acids is 2. The standard InChI is InChI=1S/C23H35ClN4O4S/c1-3-26(4-2)22(29)18-25-13-15-27(16-14-25)23(30)19-9-10-20(24)21(17-19)33(31,32)28-11-7-5-6-8-12-28/h9-10,17H,3-8,11-16,18H2,1-2H3. The van der Waals surface area contributed by atoms with Gasteiger partial charge in [-0.1, -0.05) is 24.4 Å². The summed E-state index contributed by atoms with van der Waals surface area (Å²) in [6.45, 7) is 8.79. The van der Waals surface area contributed by atoms with Gasteiger partial charge in [0.25, 0.3) is 5.91 Å². The predicted molar refractivity (Wildman–Crippen MR) is 129 cm³/mol. The van der Waals surface area contributed by atoms with Crippen molar-refractivity contribution in [2.75, 3.05) is 58.9 Å². The molecule has 184 valence electrons. The number of nitrogens with zero attached hydrogens (tertiary/aromatic N) is 4. The van der Waals surface area contributed by atoms with Gasteiger partial charge in [0.15, 0.2) is 0 Å². The molecule has 0 radical (unpaired) electrons. The SMILES string of the molecule is CCN(CC)C(=O)CN1CCN(C(=O)c2ccc(Cl)c(S(=O)(=O)N3CCCCCC3)c2)CC1. The zero-order valence-electron chi connectivity index (χ0n) is 19.6. The molecule has 0 unspecified atom stereocenters. The summed E-state index contributed by atoms with van der Waals surface area (Å²) < 4.78 is 28.0. The molecule has 0 aliphatic carbocycles. The van der Waals surface area contributed by atoms with Crippen molar-refractivity contribution < 1.29 is 18.0 Å². The molecule has 0 spiro atoms. The molecule has 0 N–H and O–H groups in total. The molecule has 33 heavy (non-hydrogen) atoms. The molecule has 3 rings (SSSR count). The maximum atomic E-state index is 13.2. The number of carbonyl (C=O) groups is 2. The van der Waals surface area contributed by atoms with Crippen molar-refractivity contribution in [2.24, 2.45) is 0 Å². The van der Waals surface area contributed by atoms with E-state index < -0.39 is 10.0 Å². The fourth-order valence-electron chi connectivity index (χ4n) is 4.41. The van der Waals surface area contributed by atoms with Gasteiger partial charge in [-0.05, 0) is 44.9 Å².